The Hall–Kier alpha value is -1.64. The smallest absolute Gasteiger partial charge is 0.113 e. The van der Waals surface area contributed by atoms with Crippen LogP contribution in [0.15, 0.2) is 30.3 Å². The summed E-state index contributed by atoms with van der Waals surface area (Å²) in [4.78, 5) is 0. The highest BCUT2D eigenvalue weighted by Crippen LogP contribution is 2.23. The molecule has 1 aliphatic carbocycles. The number of allylic oxidation sites excluding steroid dienone is 2. The van der Waals surface area contributed by atoms with Crippen molar-refractivity contribution in [2.24, 2.45) is 0 Å². The summed E-state index contributed by atoms with van der Waals surface area (Å²) >= 11 is 0. The summed E-state index contributed by atoms with van der Waals surface area (Å²) in [6.07, 6.45) is 7.14. The van der Waals surface area contributed by atoms with Crippen LogP contribution in [0.4, 0.5) is 0 Å². The second-order valence-electron chi connectivity index (χ2n) is 3.93. The highest BCUT2D eigenvalue weighted by atomic mass is 15.4. The van der Waals surface area contributed by atoms with Gasteiger partial charge in [0.15, 0.2) is 0 Å². The van der Waals surface area contributed by atoms with Crippen LogP contribution < -0.4 is 0 Å². The molecule has 0 spiro atoms. The maximum absolute atomic E-state index is 4.22. The lowest BCUT2D eigenvalue weighted by Gasteiger charge is -2.12. The van der Waals surface area contributed by atoms with Gasteiger partial charge < -0.3 is 0 Å². The van der Waals surface area contributed by atoms with Crippen molar-refractivity contribution >= 4 is 16.7 Å². The first-order chi connectivity index (χ1) is 7.45. The number of benzene rings is 1. The van der Waals surface area contributed by atoms with Crippen molar-refractivity contribution in [3.8, 4) is 0 Å². The highest BCUT2D eigenvalue weighted by Gasteiger charge is 2.10. The Bertz CT molecular complexity index is 510. The van der Waals surface area contributed by atoms with Crippen LogP contribution >= 0.6 is 0 Å². The molecule has 1 aliphatic rings. The van der Waals surface area contributed by atoms with E-state index in [1.165, 1.54) is 25.0 Å². The van der Waals surface area contributed by atoms with E-state index in [0.29, 0.717) is 0 Å². The lowest BCUT2D eigenvalue weighted by Crippen LogP contribution is -2.02. The van der Waals surface area contributed by atoms with Gasteiger partial charge >= 0.3 is 0 Å². The molecule has 1 heterocycles. The molecule has 0 unspecified atom stereocenters. The molecule has 3 rings (SSSR count). The SMILES string of the molecule is C1=C(n2nnc3ccccc32)CCCC1. The van der Waals surface area contributed by atoms with Gasteiger partial charge in [0.25, 0.3) is 0 Å². The zero-order valence-corrected chi connectivity index (χ0v) is 8.56. The Morgan fingerprint density at radius 1 is 1.13 bits per heavy atom. The second-order valence-corrected chi connectivity index (χ2v) is 3.93. The number of aromatic nitrogens is 3. The average Bonchev–Trinajstić information content (AvgIpc) is 2.74. The van der Waals surface area contributed by atoms with Crippen LogP contribution in [0.2, 0.25) is 0 Å². The number of fused-ring (bicyclic) bond motifs is 1. The van der Waals surface area contributed by atoms with E-state index in [1.54, 1.807) is 0 Å². The van der Waals surface area contributed by atoms with E-state index in [4.69, 9.17) is 0 Å². The van der Waals surface area contributed by atoms with Gasteiger partial charge in [-0.15, -0.1) is 5.10 Å². The maximum Gasteiger partial charge on any atom is 0.113 e. The largest absolute Gasteiger partial charge is 0.217 e. The molecule has 0 N–H and O–H groups in total. The molecule has 0 atom stereocenters. The van der Waals surface area contributed by atoms with Gasteiger partial charge in [0, 0.05) is 5.70 Å². The molecule has 3 heteroatoms. The molecule has 0 fully saturated rings. The topological polar surface area (TPSA) is 30.7 Å². The Labute approximate surface area is 88.4 Å². The molecule has 0 radical (unpaired) electrons. The summed E-state index contributed by atoms with van der Waals surface area (Å²) in [5.41, 5.74) is 3.39. The quantitative estimate of drug-likeness (QED) is 0.707. The van der Waals surface area contributed by atoms with Crippen molar-refractivity contribution in [1.29, 1.82) is 0 Å². The van der Waals surface area contributed by atoms with Gasteiger partial charge in [-0.1, -0.05) is 23.4 Å². The lowest BCUT2D eigenvalue weighted by atomic mass is 10.0. The predicted molar refractivity (Wildman–Crippen MR) is 60.3 cm³/mol. The first-order valence-electron chi connectivity index (χ1n) is 5.45. The summed E-state index contributed by atoms with van der Waals surface area (Å²) in [5.74, 6) is 0. The Morgan fingerprint density at radius 3 is 2.93 bits per heavy atom. The van der Waals surface area contributed by atoms with Gasteiger partial charge in [0.05, 0.1) is 5.52 Å². The molecule has 0 saturated carbocycles. The molecule has 0 aliphatic heterocycles. The summed E-state index contributed by atoms with van der Waals surface area (Å²) in [6.45, 7) is 0. The maximum atomic E-state index is 4.22. The predicted octanol–water partition coefficient (Wildman–Crippen LogP) is 2.85. The highest BCUT2D eigenvalue weighted by molar-refractivity contribution is 5.77. The van der Waals surface area contributed by atoms with E-state index in [2.05, 4.69) is 22.5 Å². The van der Waals surface area contributed by atoms with Crippen LogP contribution in [0, 0.1) is 0 Å². The van der Waals surface area contributed by atoms with Crippen molar-refractivity contribution in [3.05, 3.63) is 30.3 Å². The fourth-order valence-electron chi connectivity index (χ4n) is 2.09. The van der Waals surface area contributed by atoms with Crippen LogP contribution in [0.5, 0.6) is 0 Å². The van der Waals surface area contributed by atoms with E-state index >= 15 is 0 Å². The molecular formula is C12H13N3. The molecule has 0 saturated heterocycles. The molecule has 1 aromatic carbocycles. The van der Waals surface area contributed by atoms with E-state index in [0.717, 1.165) is 17.5 Å². The first-order valence-corrected chi connectivity index (χ1v) is 5.45. The number of rotatable bonds is 1. The van der Waals surface area contributed by atoms with Gasteiger partial charge in [-0.05, 0) is 37.8 Å². The Kier molecular flexibility index (Phi) is 2.02. The van der Waals surface area contributed by atoms with Gasteiger partial charge in [-0.3, -0.25) is 0 Å². The van der Waals surface area contributed by atoms with E-state index < -0.39 is 0 Å². The van der Waals surface area contributed by atoms with Gasteiger partial charge in [0.2, 0.25) is 0 Å². The third-order valence-electron chi connectivity index (χ3n) is 2.89. The van der Waals surface area contributed by atoms with Crippen LogP contribution in [0.25, 0.3) is 16.7 Å². The van der Waals surface area contributed by atoms with E-state index in [9.17, 15) is 0 Å². The minimum absolute atomic E-state index is 0.976. The van der Waals surface area contributed by atoms with Crippen LogP contribution in [0.3, 0.4) is 0 Å². The fourth-order valence-corrected chi connectivity index (χ4v) is 2.09. The molecule has 3 nitrogen and oxygen atoms in total. The molecule has 15 heavy (non-hydrogen) atoms. The summed E-state index contributed by atoms with van der Waals surface area (Å²) in [6, 6.07) is 8.11. The average molecular weight is 199 g/mol. The third kappa shape index (κ3) is 1.44. The van der Waals surface area contributed by atoms with Crippen molar-refractivity contribution in [2.45, 2.75) is 25.7 Å². The third-order valence-corrected chi connectivity index (χ3v) is 2.89. The Balaban J connectivity index is 2.14. The molecular weight excluding hydrogens is 186 g/mol. The van der Waals surface area contributed by atoms with Gasteiger partial charge in [-0.25, -0.2) is 4.68 Å². The number of hydrogen-bond acceptors (Lipinski definition) is 2. The zero-order valence-electron chi connectivity index (χ0n) is 8.56. The monoisotopic (exact) mass is 199 g/mol. The zero-order chi connectivity index (χ0) is 10.1. The molecule has 0 bridgehead atoms. The minimum Gasteiger partial charge on any atom is -0.217 e. The van der Waals surface area contributed by atoms with Gasteiger partial charge in [0.1, 0.15) is 5.52 Å². The Morgan fingerprint density at radius 2 is 2.07 bits per heavy atom. The van der Waals surface area contributed by atoms with Gasteiger partial charge in [-0.2, -0.15) is 0 Å². The van der Waals surface area contributed by atoms with Crippen molar-refractivity contribution in [3.63, 3.8) is 0 Å². The second kappa shape index (κ2) is 3.50. The standard InChI is InChI=1S/C12H13N3/c1-2-6-10(7-3-1)15-12-9-5-4-8-11(12)13-14-15/h4-6,8-9H,1-3,7H2. The van der Waals surface area contributed by atoms with Crippen molar-refractivity contribution in [2.75, 3.05) is 0 Å². The first kappa shape index (κ1) is 8.65. The van der Waals surface area contributed by atoms with E-state index in [1.807, 2.05) is 22.9 Å². The summed E-state index contributed by atoms with van der Waals surface area (Å²) < 4.78 is 1.98. The minimum atomic E-state index is 0.976. The normalized spacial score (nSPS) is 16.7. The van der Waals surface area contributed by atoms with E-state index in [-0.39, 0.29) is 0 Å². The van der Waals surface area contributed by atoms with Crippen LogP contribution in [-0.4, -0.2) is 15.0 Å². The number of para-hydroxylation sites is 1. The fraction of sp³-hybridized carbons (Fsp3) is 0.333. The summed E-state index contributed by atoms with van der Waals surface area (Å²) in [5, 5.41) is 8.38. The van der Waals surface area contributed by atoms with Crippen molar-refractivity contribution in [1.82, 2.24) is 15.0 Å². The lowest BCUT2D eigenvalue weighted by molar-refractivity contribution is 0.693. The molecule has 2 aromatic rings. The number of nitrogens with zero attached hydrogens (tertiary/aromatic N) is 3. The molecule has 0 amide bonds. The number of hydrogen-bond donors (Lipinski definition) is 0. The van der Waals surface area contributed by atoms with Crippen LogP contribution in [-0.2, 0) is 0 Å². The van der Waals surface area contributed by atoms with Crippen LogP contribution in [0.1, 0.15) is 25.7 Å². The molecule has 76 valence electrons. The van der Waals surface area contributed by atoms with Crippen molar-refractivity contribution < 1.29 is 0 Å². The summed E-state index contributed by atoms with van der Waals surface area (Å²) in [7, 11) is 0. The molecule has 1 aromatic heterocycles.